The van der Waals surface area contributed by atoms with Crippen molar-refractivity contribution >= 4 is 23.0 Å². The van der Waals surface area contributed by atoms with Crippen molar-refractivity contribution in [2.75, 3.05) is 19.5 Å². The molecule has 29 heavy (non-hydrogen) atoms. The number of methoxy groups -OCH3 is 2. The van der Waals surface area contributed by atoms with Gasteiger partial charge in [-0.15, -0.1) is 0 Å². The maximum atomic E-state index is 12.5. The topological polar surface area (TPSA) is 95.7 Å². The summed E-state index contributed by atoms with van der Waals surface area (Å²) in [5.74, 6) is 1.64. The SMILES string of the molecule is COc1cc(OC)cc(OC(=O)Nc2ccccc2-c2nc3ncccc3o2)c1. The van der Waals surface area contributed by atoms with Crippen LogP contribution in [-0.4, -0.2) is 30.3 Å². The van der Waals surface area contributed by atoms with Crippen LogP contribution in [0.15, 0.2) is 65.2 Å². The number of nitrogens with one attached hydrogen (secondary N) is 1. The molecule has 0 aliphatic carbocycles. The lowest BCUT2D eigenvalue weighted by atomic mass is 10.2. The number of oxazole rings is 1. The van der Waals surface area contributed by atoms with E-state index in [9.17, 15) is 4.79 Å². The molecule has 0 aliphatic rings. The Morgan fingerprint density at radius 1 is 0.966 bits per heavy atom. The van der Waals surface area contributed by atoms with Crippen LogP contribution in [0.1, 0.15) is 0 Å². The first-order valence-corrected chi connectivity index (χ1v) is 8.69. The molecule has 0 saturated heterocycles. The van der Waals surface area contributed by atoms with Gasteiger partial charge in [0.25, 0.3) is 0 Å². The van der Waals surface area contributed by atoms with Crippen LogP contribution in [0.3, 0.4) is 0 Å². The Bertz CT molecular complexity index is 1120. The van der Waals surface area contributed by atoms with Crippen LogP contribution >= 0.6 is 0 Å². The first kappa shape index (κ1) is 18.3. The van der Waals surface area contributed by atoms with Gasteiger partial charge in [0, 0.05) is 24.4 Å². The van der Waals surface area contributed by atoms with Gasteiger partial charge < -0.3 is 18.6 Å². The lowest BCUT2D eigenvalue weighted by molar-refractivity contribution is 0.215. The largest absolute Gasteiger partial charge is 0.496 e. The number of anilines is 1. The first-order valence-electron chi connectivity index (χ1n) is 8.69. The molecule has 0 fully saturated rings. The third-order valence-electron chi connectivity index (χ3n) is 4.09. The molecule has 1 N–H and O–H groups in total. The minimum atomic E-state index is -0.679. The van der Waals surface area contributed by atoms with E-state index >= 15 is 0 Å². The fourth-order valence-corrected chi connectivity index (χ4v) is 2.75. The molecule has 0 bridgehead atoms. The van der Waals surface area contributed by atoms with E-state index in [1.54, 1.807) is 54.7 Å². The summed E-state index contributed by atoms with van der Waals surface area (Å²) in [5, 5.41) is 2.71. The van der Waals surface area contributed by atoms with Crippen molar-refractivity contribution in [3.63, 3.8) is 0 Å². The van der Waals surface area contributed by atoms with Gasteiger partial charge in [-0.05, 0) is 24.3 Å². The number of benzene rings is 2. The standard InChI is InChI=1S/C21H17N3O5/c1-26-13-10-14(27-2)12-15(11-13)28-21(25)23-17-7-4-3-6-16(17)20-24-19-18(29-20)8-5-9-22-19/h3-12H,1-2H3,(H,23,25). The monoisotopic (exact) mass is 391 g/mol. The number of fused-ring (bicyclic) bond motifs is 1. The number of carbonyl (C=O) groups is 1. The summed E-state index contributed by atoms with van der Waals surface area (Å²) in [6.07, 6.45) is 0.959. The van der Waals surface area contributed by atoms with Crippen LogP contribution in [0, 0.1) is 0 Å². The molecule has 0 atom stereocenters. The maximum absolute atomic E-state index is 12.5. The highest BCUT2D eigenvalue weighted by molar-refractivity contribution is 5.91. The number of amides is 1. The normalized spacial score (nSPS) is 10.6. The van der Waals surface area contributed by atoms with Gasteiger partial charge in [0.05, 0.1) is 25.5 Å². The highest BCUT2D eigenvalue weighted by Gasteiger charge is 2.15. The smallest absolute Gasteiger partial charge is 0.417 e. The van der Waals surface area contributed by atoms with Crippen molar-refractivity contribution in [2.24, 2.45) is 0 Å². The fraction of sp³-hybridized carbons (Fsp3) is 0.0952. The summed E-state index contributed by atoms with van der Waals surface area (Å²) < 4.78 is 21.5. The van der Waals surface area contributed by atoms with Crippen molar-refractivity contribution < 1.29 is 23.4 Å². The molecule has 8 nitrogen and oxygen atoms in total. The van der Waals surface area contributed by atoms with Crippen LogP contribution in [0.2, 0.25) is 0 Å². The molecule has 1 amide bonds. The van der Waals surface area contributed by atoms with E-state index in [0.717, 1.165) is 0 Å². The molecule has 0 radical (unpaired) electrons. The number of hydrogen-bond donors (Lipinski definition) is 1. The van der Waals surface area contributed by atoms with Crippen LogP contribution in [0.4, 0.5) is 10.5 Å². The number of hydrogen-bond acceptors (Lipinski definition) is 7. The third-order valence-corrected chi connectivity index (χ3v) is 4.09. The van der Waals surface area contributed by atoms with Gasteiger partial charge in [-0.25, -0.2) is 9.78 Å². The third kappa shape index (κ3) is 3.96. The second-order valence-corrected chi connectivity index (χ2v) is 5.95. The summed E-state index contributed by atoms with van der Waals surface area (Å²) in [4.78, 5) is 21.0. The van der Waals surface area contributed by atoms with Gasteiger partial charge >= 0.3 is 6.09 Å². The molecule has 0 saturated carbocycles. The lowest BCUT2D eigenvalue weighted by Crippen LogP contribution is -2.17. The number of ether oxygens (including phenoxy) is 3. The minimum absolute atomic E-state index is 0.280. The summed E-state index contributed by atoms with van der Waals surface area (Å²) in [7, 11) is 3.04. The number of carbonyl (C=O) groups excluding carboxylic acids is 1. The molecule has 8 heteroatoms. The Morgan fingerprint density at radius 2 is 1.69 bits per heavy atom. The van der Waals surface area contributed by atoms with Crippen molar-refractivity contribution in [1.82, 2.24) is 9.97 Å². The molecule has 0 unspecified atom stereocenters. The van der Waals surface area contributed by atoms with Gasteiger partial charge in [-0.3, -0.25) is 5.32 Å². The van der Waals surface area contributed by atoms with E-state index in [2.05, 4.69) is 15.3 Å². The van der Waals surface area contributed by atoms with Crippen molar-refractivity contribution in [2.45, 2.75) is 0 Å². The van der Waals surface area contributed by atoms with Gasteiger partial charge in [-0.2, -0.15) is 4.98 Å². The zero-order valence-electron chi connectivity index (χ0n) is 15.7. The Labute approximate surface area is 166 Å². The summed E-state index contributed by atoms with van der Waals surface area (Å²) in [6.45, 7) is 0. The Balaban J connectivity index is 1.58. The van der Waals surface area contributed by atoms with E-state index in [0.29, 0.717) is 39.9 Å². The van der Waals surface area contributed by atoms with Gasteiger partial charge in [0.1, 0.15) is 17.2 Å². The van der Waals surface area contributed by atoms with Crippen LogP contribution in [0.25, 0.3) is 22.7 Å². The number of rotatable bonds is 5. The predicted molar refractivity (Wildman–Crippen MR) is 106 cm³/mol. The van der Waals surface area contributed by atoms with Gasteiger partial charge in [0.2, 0.25) is 5.89 Å². The Kier molecular flexibility index (Phi) is 4.98. The average Bonchev–Trinajstić information content (AvgIpc) is 3.17. The molecule has 0 aliphatic heterocycles. The Hall–Kier alpha value is -4.07. The maximum Gasteiger partial charge on any atom is 0.417 e. The molecular weight excluding hydrogens is 374 g/mol. The first-order chi connectivity index (χ1) is 14.2. The second kappa shape index (κ2) is 7.89. The summed E-state index contributed by atoms with van der Waals surface area (Å²) in [5.41, 5.74) is 2.14. The van der Waals surface area contributed by atoms with E-state index < -0.39 is 6.09 Å². The molecule has 0 spiro atoms. The van der Waals surface area contributed by atoms with E-state index in [1.807, 2.05) is 6.07 Å². The van der Waals surface area contributed by atoms with Gasteiger partial charge in [0.15, 0.2) is 11.2 Å². The summed E-state index contributed by atoms with van der Waals surface area (Å²) >= 11 is 0. The van der Waals surface area contributed by atoms with Crippen molar-refractivity contribution in [1.29, 1.82) is 0 Å². The second-order valence-electron chi connectivity index (χ2n) is 5.95. The van der Waals surface area contributed by atoms with Crippen LogP contribution < -0.4 is 19.5 Å². The molecular formula is C21H17N3O5. The highest BCUT2D eigenvalue weighted by Crippen LogP contribution is 2.31. The predicted octanol–water partition coefficient (Wildman–Crippen LogP) is 4.52. The average molecular weight is 391 g/mol. The zero-order chi connectivity index (χ0) is 20.2. The van der Waals surface area contributed by atoms with Crippen LogP contribution in [0.5, 0.6) is 17.2 Å². The molecule has 146 valence electrons. The lowest BCUT2D eigenvalue weighted by Gasteiger charge is -2.11. The number of nitrogens with zero attached hydrogens (tertiary/aromatic N) is 2. The number of pyridine rings is 1. The molecule has 2 aromatic carbocycles. The van der Waals surface area contributed by atoms with Gasteiger partial charge in [-0.1, -0.05) is 12.1 Å². The quantitative estimate of drug-likeness (QED) is 0.534. The van der Waals surface area contributed by atoms with E-state index in [1.165, 1.54) is 14.2 Å². The van der Waals surface area contributed by atoms with Crippen molar-refractivity contribution in [3.05, 3.63) is 60.8 Å². The molecule has 2 heterocycles. The van der Waals surface area contributed by atoms with Crippen molar-refractivity contribution in [3.8, 4) is 28.7 Å². The van der Waals surface area contributed by atoms with E-state index in [4.69, 9.17) is 18.6 Å². The zero-order valence-corrected chi connectivity index (χ0v) is 15.7. The summed E-state index contributed by atoms with van der Waals surface area (Å²) in [6, 6.07) is 15.5. The highest BCUT2D eigenvalue weighted by atomic mass is 16.6. The minimum Gasteiger partial charge on any atom is -0.496 e. The number of aromatic nitrogens is 2. The molecule has 4 aromatic rings. The Morgan fingerprint density at radius 3 is 2.41 bits per heavy atom. The number of para-hydroxylation sites is 1. The molecule has 4 rings (SSSR count). The fourth-order valence-electron chi connectivity index (χ4n) is 2.75. The molecule has 2 aromatic heterocycles. The van der Waals surface area contributed by atoms with Crippen LogP contribution in [-0.2, 0) is 0 Å². The van der Waals surface area contributed by atoms with E-state index in [-0.39, 0.29) is 5.75 Å².